The first kappa shape index (κ1) is 16.0. The maximum atomic E-state index is 11.3. The first-order valence-electron chi connectivity index (χ1n) is 6.38. The molecule has 3 N–H and O–H groups in total. The third-order valence-corrected chi connectivity index (χ3v) is 2.65. The van der Waals surface area contributed by atoms with Crippen LogP contribution in [0.3, 0.4) is 0 Å². The lowest BCUT2D eigenvalue weighted by Gasteiger charge is -2.14. The molecular weight excluding hydrogens is 260 g/mol. The number of benzene rings is 1. The van der Waals surface area contributed by atoms with Crippen LogP contribution in [0.4, 0.5) is 11.4 Å². The van der Waals surface area contributed by atoms with Gasteiger partial charge in [-0.2, -0.15) is 0 Å². The Morgan fingerprint density at radius 2 is 1.85 bits per heavy atom. The standard InChI is InChI=1S/C14H20N2O4/c1-10(3-8-14(18)19)15-11-4-6-12(7-5-11)16-13(17)9-20-2/h4-7,10,15H,3,8-9H2,1-2H3,(H,16,17)(H,18,19). The number of anilines is 2. The van der Waals surface area contributed by atoms with Crippen LogP contribution in [-0.4, -0.2) is 36.7 Å². The number of hydrogen-bond acceptors (Lipinski definition) is 4. The number of rotatable bonds is 8. The summed E-state index contributed by atoms with van der Waals surface area (Å²) in [6.07, 6.45) is 0.695. The fourth-order valence-electron chi connectivity index (χ4n) is 1.67. The second-order valence-electron chi connectivity index (χ2n) is 4.54. The van der Waals surface area contributed by atoms with Crippen LogP contribution < -0.4 is 10.6 Å². The molecule has 1 aromatic rings. The van der Waals surface area contributed by atoms with Crippen LogP contribution in [0.5, 0.6) is 0 Å². The second kappa shape index (κ2) is 8.16. The number of carbonyl (C=O) groups excluding carboxylic acids is 1. The van der Waals surface area contributed by atoms with Crippen molar-refractivity contribution in [3.05, 3.63) is 24.3 Å². The number of aliphatic carboxylic acids is 1. The summed E-state index contributed by atoms with van der Waals surface area (Å²) in [6.45, 7) is 1.95. The van der Waals surface area contributed by atoms with Gasteiger partial charge in [0.1, 0.15) is 6.61 Å². The molecule has 0 spiro atoms. The Morgan fingerprint density at radius 1 is 1.25 bits per heavy atom. The monoisotopic (exact) mass is 280 g/mol. The van der Waals surface area contributed by atoms with Gasteiger partial charge in [0, 0.05) is 30.9 Å². The molecule has 1 amide bonds. The Bertz CT molecular complexity index is 445. The van der Waals surface area contributed by atoms with E-state index in [0.29, 0.717) is 12.1 Å². The lowest BCUT2D eigenvalue weighted by atomic mass is 10.1. The van der Waals surface area contributed by atoms with E-state index in [0.717, 1.165) is 5.69 Å². The molecule has 6 heteroatoms. The van der Waals surface area contributed by atoms with Gasteiger partial charge in [-0.3, -0.25) is 9.59 Å². The summed E-state index contributed by atoms with van der Waals surface area (Å²) in [5, 5.41) is 14.5. The predicted octanol–water partition coefficient (Wildman–Crippen LogP) is 1.94. The number of ether oxygens (including phenoxy) is 1. The van der Waals surface area contributed by atoms with Gasteiger partial charge in [0.2, 0.25) is 5.91 Å². The average Bonchev–Trinajstić information content (AvgIpc) is 2.39. The van der Waals surface area contributed by atoms with Crippen molar-refractivity contribution in [2.24, 2.45) is 0 Å². The molecule has 20 heavy (non-hydrogen) atoms. The largest absolute Gasteiger partial charge is 0.481 e. The number of carboxylic acids is 1. The van der Waals surface area contributed by atoms with Crippen molar-refractivity contribution < 1.29 is 19.4 Å². The first-order chi connectivity index (χ1) is 9.51. The number of nitrogens with one attached hydrogen (secondary N) is 2. The summed E-state index contributed by atoms with van der Waals surface area (Å²) < 4.78 is 4.73. The molecule has 0 aliphatic rings. The topological polar surface area (TPSA) is 87.7 Å². The molecule has 6 nitrogen and oxygen atoms in total. The first-order valence-corrected chi connectivity index (χ1v) is 6.38. The van der Waals surface area contributed by atoms with E-state index in [2.05, 4.69) is 10.6 Å². The van der Waals surface area contributed by atoms with Crippen LogP contribution in [0.15, 0.2) is 24.3 Å². The Labute approximate surface area is 118 Å². The number of carbonyl (C=O) groups is 2. The molecule has 0 saturated heterocycles. The highest BCUT2D eigenvalue weighted by Crippen LogP contribution is 2.15. The van der Waals surface area contributed by atoms with Gasteiger partial charge in [0.25, 0.3) is 0 Å². The van der Waals surface area contributed by atoms with E-state index in [1.54, 1.807) is 12.1 Å². The van der Waals surface area contributed by atoms with Crippen LogP contribution in [0.1, 0.15) is 19.8 Å². The molecule has 0 heterocycles. The predicted molar refractivity (Wildman–Crippen MR) is 76.9 cm³/mol. The molecule has 0 aliphatic carbocycles. The smallest absolute Gasteiger partial charge is 0.303 e. The molecule has 0 radical (unpaired) electrons. The van der Waals surface area contributed by atoms with E-state index < -0.39 is 5.97 Å². The lowest BCUT2D eigenvalue weighted by Crippen LogP contribution is -2.18. The van der Waals surface area contributed by atoms with Gasteiger partial charge in [-0.25, -0.2) is 0 Å². The van der Waals surface area contributed by atoms with Crippen molar-refractivity contribution in [3.8, 4) is 0 Å². The molecule has 0 aromatic heterocycles. The van der Waals surface area contributed by atoms with Gasteiger partial charge in [0.15, 0.2) is 0 Å². The molecule has 1 atom stereocenters. The summed E-state index contributed by atoms with van der Waals surface area (Å²) in [6, 6.07) is 7.29. The normalized spacial score (nSPS) is 11.7. The Kier molecular flexibility index (Phi) is 6.52. The second-order valence-corrected chi connectivity index (χ2v) is 4.54. The minimum atomic E-state index is -0.796. The van der Waals surface area contributed by atoms with Crippen molar-refractivity contribution in [3.63, 3.8) is 0 Å². The molecule has 0 aliphatic heterocycles. The average molecular weight is 280 g/mol. The van der Waals surface area contributed by atoms with Gasteiger partial charge >= 0.3 is 5.97 Å². The number of methoxy groups -OCH3 is 1. The summed E-state index contributed by atoms with van der Waals surface area (Å²) in [5.74, 6) is -1.00. The molecule has 0 fully saturated rings. The fraction of sp³-hybridized carbons (Fsp3) is 0.429. The fourth-order valence-corrected chi connectivity index (χ4v) is 1.67. The van der Waals surface area contributed by atoms with Gasteiger partial charge in [-0.05, 0) is 37.6 Å². The van der Waals surface area contributed by atoms with Crippen LogP contribution in [0.2, 0.25) is 0 Å². The molecule has 1 aromatic carbocycles. The summed E-state index contributed by atoms with van der Waals surface area (Å²) >= 11 is 0. The van der Waals surface area contributed by atoms with E-state index in [9.17, 15) is 9.59 Å². The van der Waals surface area contributed by atoms with Gasteiger partial charge in [0.05, 0.1) is 0 Å². The van der Waals surface area contributed by atoms with E-state index in [4.69, 9.17) is 9.84 Å². The third kappa shape index (κ3) is 6.19. The zero-order valence-corrected chi connectivity index (χ0v) is 11.7. The van der Waals surface area contributed by atoms with Crippen molar-refractivity contribution in [2.75, 3.05) is 24.4 Å². The van der Waals surface area contributed by atoms with Crippen LogP contribution >= 0.6 is 0 Å². The highest BCUT2D eigenvalue weighted by atomic mass is 16.5. The minimum Gasteiger partial charge on any atom is -0.481 e. The minimum absolute atomic E-state index is 0.0201. The van der Waals surface area contributed by atoms with E-state index in [-0.39, 0.29) is 25.0 Å². The summed E-state index contributed by atoms with van der Waals surface area (Å²) in [4.78, 5) is 21.8. The van der Waals surface area contributed by atoms with Crippen LogP contribution in [-0.2, 0) is 14.3 Å². The molecule has 0 bridgehead atoms. The number of carboxylic acid groups (broad SMARTS) is 1. The van der Waals surface area contributed by atoms with Crippen molar-refractivity contribution in [1.29, 1.82) is 0 Å². The third-order valence-electron chi connectivity index (χ3n) is 2.65. The van der Waals surface area contributed by atoms with Crippen LogP contribution in [0, 0.1) is 0 Å². The van der Waals surface area contributed by atoms with Crippen molar-refractivity contribution >= 4 is 23.3 Å². The van der Waals surface area contributed by atoms with E-state index >= 15 is 0 Å². The molecule has 110 valence electrons. The maximum absolute atomic E-state index is 11.3. The molecule has 1 rings (SSSR count). The van der Waals surface area contributed by atoms with Crippen molar-refractivity contribution in [2.45, 2.75) is 25.8 Å². The Balaban J connectivity index is 2.45. The Hall–Kier alpha value is -2.08. The van der Waals surface area contributed by atoms with Crippen molar-refractivity contribution in [1.82, 2.24) is 0 Å². The van der Waals surface area contributed by atoms with E-state index in [1.165, 1.54) is 7.11 Å². The maximum Gasteiger partial charge on any atom is 0.303 e. The summed E-state index contributed by atoms with van der Waals surface area (Å²) in [5.41, 5.74) is 1.57. The number of amides is 1. The molecule has 0 saturated carbocycles. The summed E-state index contributed by atoms with van der Waals surface area (Å²) in [7, 11) is 1.46. The molecule has 1 unspecified atom stereocenters. The highest BCUT2D eigenvalue weighted by Gasteiger charge is 2.06. The Morgan fingerprint density at radius 3 is 2.40 bits per heavy atom. The molecular formula is C14H20N2O4. The van der Waals surface area contributed by atoms with E-state index in [1.807, 2.05) is 19.1 Å². The van der Waals surface area contributed by atoms with Gasteiger partial charge in [-0.1, -0.05) is 0 Å². The van der Waals surface area contributed by atoms with Gasteiger partial charge in [-0.15, -0.1) is 0 Å². The lowest BCUT2D eigenvalue weighted by molar-refractivity contribution is -0.137. The quantitative estimate of drug-likeness (QED) is 0.677. The SMILES string of the molecule is COCC(=O)Nc1ccc(NC(C)CCC(=O)O)cc1. The highest BCUT2D eigenvalue weighted by molar-refractivity contribution is 5.91. The van der Waals surface area contributed by atoms with Gasteiger partial charge < -0.3 is 20.5 Å². The zero-order chi connectivity index (χ0) is 15.0. The van der Waals surface area contributed by atoms with Crippen LogP contribution in [0.25, 0.3) is 0 Å². The number of hydrogen-bond donors (Lipinski definition) is 3. The zero-order valence-electron chi connectivity index (χ0n) is 11.7.